The number of fused-ring (bicyclic) bond motifs is 1. The van der Waals surface area contributed by atoms with E-state index in [-0.39, 0.29) is 10.3 Å². The van der Waals surface area contributed by atoms with Crippen LogP contribution in [0, 0.1) is 0 Å². The summed E-state index contributed by atoms with van der Waals surface area (Å²) in [6.07, 6.45) is 1.69. The van der Waals surface area contributed by atoms with Gasteiger partial charge < -0.3 is 0 Å². The molecule has 1 aliphatic carbocycles. The number of rotatable bonds is 3. The largest absolute Gasteiger partial charge is 0.250 e. The Labute approximate surface area is 135 Å². The molecule has 1 heterocycles. The van der Waals surface area contributed by atoms with E-state index in [1.807, 2.05) is 24.3 Å². The van der Waals surface area contributed by atoms with Gasteiger partial charge in [-0.1, -0.05) is 35.9 Å². The fourth-order valence-corrected chi connectivity index (χ4v) is 6.05. The van der Waals surface area contributed by atoms with Crippen LogP contribution in [0.25, 0.3) is 0 Å². The highest BCUT2D eigenvalue weighted by Crippen LogP contribution is 2.37. The smallest absolute Gasteiger partial charge is 0.206 e. The predicted molar refractivity (Wildman–Crippen MR) is 84.9 cm³/mol. The normalized spacial score (nSPS) is 18.2. The molecule has 1 unspecified atom stereocenters. The van der Waals surface area contributed by atoms with E-state index < -0.39 is 10.0 Å². The summed E-state index contributed by atoms with van der Waals surface area (Å²) in [6, 6.07) is 9.25. The van der Waals surface area contributed by atoms with Crippen molar-refractivity contribution in [2.24, 2.45) is 0 Å². The highest BCUT2D eigenvalue weighted by molar-refractivity contribution is 9.11. The summed E-state index contributed by atoms with van der Waals surface area (Å²) in [7, 11) is -3.53. The van der Waals surface area contributed by atoms with E-state index in [0.717, 1.165) is 29.7 Å². The van der Waals surface area contributed by atoms with Gasteiger partial charge in [-0.25, -0.2) is 13.1 Å². The first-order valence-corrected chi connectivity index (χ1v) is 9.49. The molecule has 0 amide bonds. The fourth-order valence-electron chi connectivity index (χ4n) is 2.38. The Morgan fingerprint density at radius 3 is 2.80 bits per heavy atom. The molecule has 106 valence electrons. The van der Waals surface area contributed by atoms with Crippen LogP contribution in [0.15, 0.2) is 38.3 Å². The van der Waals surface area contributed by atoms with E-state index in [9.17, 15) is 8.42 Å². The second-order valence-electron chi connectivity index (χ2n) is 4.60. The van der Waals surface area contributed by atoms with Crippen LogP contribution in [0.5, 0.6) is 0 Å². The topological polar surface area (TPSA) is 46.2 Å². The van der Waals surface area contributed by atoms with Crippen LogP contribution in [-0.2, 0) is 16.4 Å². The molecule has 0 saturated heterocycles. The summed E-state index contributed by atoms with van der Waals surface area (Å²) in [4.78, 5) is 0. The first-order valence-electron chi connectivity index (χ1n) is 6.02. The molecule has 1 aromatic carbocycles. The van der Waals surface area contributed by atoms with Gasteiger partial charge in [0.1, 0.15) is 4.21 Å². The molecule has 3 rings (SSSR count). The van der Waals surface area contributed by atoms with E-state index >= 15 is 0 Å². The number of aryl methyl sites for hydroxylation is 1. The molecule has 0 aliphatic heterocycles. The first-order chi connectivity index (χ1) is 9.47. The Kier molecular flexibility index (Phi) is 3.94. The highest BCUT2D eigenvalue weighted by Gasteiger charge is 2.28. The third-order valence-corrected chi connectivity index (χ3v) is 7.74. The summed E-state index contributed by atoms with van der Waals surface area (Å²) in [5.74, 6) is 0. The van der Waals surface area contributed by atoms with Gasteiger partial charge in [-0.15, -0.1) is 11.3 Å². The van der Waals surface area contributed by atoms with Crippen LogP contribution >= 0.6 is 38.9 Å². The van der Waals surface area contributed by atoms with Crippen molar-refractivity contribution in [2.75, 3.05) is 0 Å². The molecular weight excluding hydrogens is 382 g/mol. The van der Waals surface area contributed by atoms with Crippen LogP contribution in [0.2, 0.25) is 5.02 Å². The first kappa shape index (κ1) is 14.5. The number of hydrogen-bond acceptors (Lipinski definition) is 3. The van der Waals surface area contributed by atoms with Crippen molar-refractivity contribution in [3.63, 3.8) is 0 Å². The van der Waals surface area contributed by atoms with E-state index in [0.29, 0.717) is 8.81 Å². The van der Waals surface area contributed by atoms with Crippen LogP contribution in [0.1, 0.15) is 23.6 Å². The molecular formula is C13H11BrClNO2S2. The monoisotopic (exact) mass is 391 g/mol. The standard InChI is InChI=1S/C13H11BrClNO2S2/c14-13-10(15)7-12(19-13)20(17,18)16-11-6-5-8-3-1-2-4-9(8)11/h1-4,7,11,16H,5-6H2. The zero-order chi connectivity index (χ0) is 14.3. The minimum absolute atomic E-state index is 0.157. The van der Waals surface area contributed by atoms with E-state index in [1.165, 1.54) is 11.6 Å². The molecule has 2 aromatic rings. The molecule has 1 atom stereocenters. The lowest BCUT2D eigenvalue weighted by molar-refractivity contribution is 0.556. The third kappa shape index (κ3) is 2.67. The van der Waals surface area contributed by atoms with Gasteiger partial charge in [-0.2, -0.15) is 0 Å². The number of halogens is 2. The lowest BCUT2D eigenvalue weighted by Crippen LogP contribution is -2.26. The molecule has 0 spiro atoms. The quantitative estimate of drug-likeness (QED) is 0.853. The Balaban J connectivity index is 1.88. The second-order valence-corrected chi connectivity index (χ2v) is 9.32. The van der Waals surface area contributed by atoms with Crippen LogP contribution < -0.4 is 4.72 Å². The summed E-state index contributed by atoms with van der Waals surface area (Å²) < 4.78 is 28.4. The Morgan fingerprint density at radius 1 is 1.35 bits per heavy atom. The Morgan fingerprint density at radius 2 is 2.10 bits per heavy atom. The number of sulfonamides is 1. The SMILES string of the molecule is O=S(=O)(NC1CCc2ccccc21)c1cc(Cl)c(Br)s1. The molecule has 7 heteroatoms. The second kappa shape index (κ2) is 5.42. The molecule has 20 heavy (non-hydrogen) atoms. The maximum Gasteiger partial charge on any atom is 0.250 e. The van der Waals surface area contributed by atoms with Gasteiger partial charge in [0.05, 0.1) is 8.81 Å². The third-order valence-electron chi connectivity index (χ3n) is 3.32. The van der Waals surface area contributed by atoms with Crippen molar-refractivity contribution in [1.82, 2.24) is 4.72 Å². The van der Waals surface area contributed by atoms with Crippen molar-refractivity contribution in [3.05, 3.63) is 50.3 Å². The highest BCUT2D eigenvalue weighted by atomic mass is 79.9. The Hall–Kier alpha value is -0.400. The summed E-state index contributed by atoms with van der Waals surface area (Å²) in [5, 5.41) is 0.419. The van der Waals surface area contributed by atoms with Gasteiger partial charge in [0.2, 0.25) is 0 Å². The van der Waals surface area contributed by atoms with Crippen molar-refractivity contribution >= 4 is 48.9 Å². The molecule has 1 aromatic heterocycles. The maximum atomic E-state index is 12.4. The van der Waals surface area contributed by atoms with Gasteiger partial charge in [0, 0.05) is 6.04 Å². The Bertz CT molecular complexity index is 738. The van der Waals surface area contributed by atoms with Crippen molar-refractivity contribution in [1.29, 1.82) is 0 Å². The van der Waals surface area contributed by atoms with Gasteiger partial charge in [-0.3, -0.25) is 0 Å². The van der Waals surface area contributed by atoms with Crippen molar-refractivity contribution in [3.8, 4) is 0 Å². The molecule has 1 N–H and O–H groups in total. The molecule has 0 saturated carbocycles. The van der Waals surface area contributed by atoms with Gasteiger partial charge in [-0.05, 0) is 46.0 Å². The summed E-state index contributed by atoms with van der Waals surface area (Å²) in [6.45, 7) is 0. The van der Waals surface area contributed by atoms with E-state index in [2.05, 4.69) is 20.7 Å². The minimum Gasteiger partial charge on any atom is -0.206 e. The molecule has 1 aliphatic rings. The van der Waals surface area contributed by atoms with Crippen LogP contribution in [0.3, 0.4) is 0 Å². The maximum absolute atomic E-state index is 12.4. The molecule has 3 nitrogen and oxygen atoms in total. The lowest BCUT2D eigenvalue weighted by Gasteiger charge is -2.13. The zero-order valence-corrected chi connectivity index (χ0v) is 14.2. The molecule has 0 bridgehead atoms. The lowest BCUT2D eigenvalue weighted by atomic mass is 10.1. The van der Waals surface area contributed by atoms with Crippen molar-refractivity contribution in [2.45, 2.75) is 23.1 Å². The molecule has 0 radical (unpaired) electrons. The molecule has 0 fully saturated rings. The number of thiophene rings is 1. The zero-order valence-electron chi connectivity index (χ0n) is 10.3. The van der Waals surface area contributed by atoms with E-state index in [4.69, 9.17) is 11.6 Å². The number of benzene rings is 1. The minimum atomic E-state index is -3.53. The van der Waals surface area contributed by atoms with E-state index in [1.54, 1.807) is 0 Å². The predicted octanol–water partition coefficient (Wildman–Crippen LogP) is 4.13. The average molecular weight is 393 g/mol. The number of nitrogens with one attached hydrogen (secondary N) is 1. The fraction of sp³-hybridized carbons (Fsp3) is 0.231. The summed E-state index contributed by atoms with van der Waals surface area (Å²) in [5.41, 5.74) is 2.28. The van der Waals surface area contributed by atoms with Gasteiger partial charge >= 0.3 is 0 Å². The van der Waals surface area contributed by atoms with Crippen molar-refractivity contribution < 1.29 is 8.42 Å². The summed E-state index contributed by atoms with van der Waals surface area (Å²) >= 11 is 10.3. The van der Waals surface area contributed by atoms with Crippen LogP contribution in [0.4, 0.5) is 0 Å². The van der Waals surface area contributed by atoms with Gasteiger partial charge in [0.15, 0.2) is 0 Å². The van der Waals surface area contributed by atoms with Crippen LogP contribution in [-0.4, -0.2) is 8.42 Å². The van der Waals surface area contributed by atoms with Gasteiger partial charge in [0.25, 0.3) is 10.0 Å². The average Bonchev–Trinajstić information content (AvgIpc) is 2.95. The number of hydrogen-bond donors (Lipinski definition) is 1.